The Kier molecular flexibility index (Phi) is 7.09. The molecule has 3 saturated heterocycles. The molecule has 2 aromatic heterocycles. The fourth-order valence-corrected chi connectivity index (χ4v) is 8.86. The molecule has 9 nitrogen and oxygen atoms in total. The number of carbonyl (C=O) groups excluding carboxylic acids is 2. The largest absolute Gasteiger partial charge is 0.453 e. The zero-order valence-electron chi connectivity index (χ0n) is 25.4. The van der Waals surface area contributed by atoms with Gasteiger partial charge in [0.05, 0.1) is 41.3 Å². The fraction of sp³-hybridized carbons (Fsp3) is 0.562. The highest BCUT2D eigenvalue weighted by molar-refractivity contribution is 9.10. The van der Waals surface area contributed by atoms with Crippen molar-refractivity contribution in [3.05, 3.63) is 33.7 Å². The maximum absolute atomic E-state index is 16.1. The molecular weight excluding hydrogens is 649 g/mol. The number of nitriles is 1. The molecule has 0 N–H and O–H groups in total. The number of thioether (sulfide) groups is 1. The first-order valence-electron chi connectivity index (χ1n) is 15.1. The van der Waals surface area contributed by atoms with Crippen molar-refractivity contribution in [2.75, 3.05) is 19.9 Å². The van der Waals surface area contributed by atoms with E-state index in [1.807, 2.05) is 42.9 Å². The Labute approximate surface area is 268 Å². The second-order valence-electron chi connectivity index (χ2n) is 13.4. The highest BCUT2D eigenvalue weighted by atomic mass is 79.9. The minimum atomic E-state index is -0.614. The molecular formula is C32H35BrFN5O4S. The number of hydrogen-bond acceptors (Lipinski definition) is 7. The van der Waals surface area contributed by atoms with Crippen LogP contribution in [0.15, 0.2) is 21.6 Å². The highest BCUT2D eigenvalue weighted by Gasteiger charge is 2.59. The maximum atomic E-state index is 16.1. The summed E-state index contributed by atoms with van der Waals surface area (Å²) in [6.45, 7) is 6.18. The van der Waals surface area contributed by atoms with Gasteiger partial charge in [-0.05, 0) is 92.3 Å². The van der Waals surface area contributed by atoms with Crippen LogP contribution in [0.1, 0.15) is 69.8 Å². The number of fused-ring (bicyclic) bond motifs is 5. The molecule has 5 aliphatic rings. The van der Waals surface area contributed by atoms with Crippen molar-refractivity contribution >= 4 is 61.7 Å². The number of aryl methyl sites for hydroxylation is 1. The zero-order chi connectivity index (χ0) is 31.2. The Bertz CT molecular complexity index is 1770. The number of ether oxygens (including phenoxy) is 2. The van der Waals surface area contributed by atoms with Crippen LogP contribution in [0.25, 0.3) is 21.8 Å². The van der Waals surface area contributed by atoms with Gasteiger partial charge >= 0.3 is 12.2 Å². The third kappa shape index (κ3) is 4.48. The van der Waals surface area contributed by atoms with E-state index in [1.165, 1.54) is 18.9 Å². The summed E-state index contributed by atoms with van der Waals surface area (Å²) in [7, 11) is 1.42. The molecule has 2 amide bonds. The Morgan fingerprint density at radius 3 is 2.59 bits per heavy atom. The lowest BCUT2D eigenvalue weighted by molar-refractivity contribution is 0.0208. The molecule has 5 heterocycles. The molecule has 5 fully saturated rings. The van der Waals surface area contributed by atoms with Gasteiger partial charge < -0.3 is 18.9 Å². The maximum Gasteiger partial charge on any atom is 0.410 e. The van der Waals surface area contributed by atoms with Gasteiger partial charge in [0, 0.05) is 41.4 Å². The SMILES string of the molecule is COC(=O)N1[C@@H](c2cc3c(SC)nc4c(F)c(Br)c(CCC#N)cc4c3n2[C@H]2[C@@H]3C[C@H]2N(C(=O)OC(C)(C)C)C3)C[C@@H]2C[C@@H]21. The van der Waals surface area contributed by atoms with E-state index in [4.69, 9.17) is 14.5 Å². The van der Waals surface area contributed by atoms with Crippen LogP contribution in [-0.4, -0.2) is 69.1 Å². The molecule has 2 bridgehead atoms. The van der Waals surface area contributed by atoms with Gasteiger partial charge in [0.1, 0.15) is 16.1 Å². The van der Waals surface area contributed by atoms with Crippen molar-refractivity contribution < 1.29 is 23.5 Å². The van der Waals surface area contributed by atoms with Crippen molar-refractivity contribution in [2.45, 2.75) is 87.7 Å². The highest BCUT2D eigenvalue weighted by Crippen LogP contribution is 2.58. The van der Waals surface area contributed by atoms with Gasteiger partial charge in [0.25, 0.3) is 0 Å². The van der Waals surface area contributed by atoms with Gasteiger partial charge in [-0.2, -0.15) is 5.26 Å². The van der Waals surface area contributed by atoms with Crippen molar-refractivity contribution in [3.63, 3.8) is 0 Å². The minimum Gasteiger partial charge on any atom is -0.453 e. The van der Waals surface area contributed by atoms with Crippen molar-refractivity contribution in [3.8, 4) is 6.07 Å². The number of piperidine rings is 1. The zero-order valence-corrected chi connectivity index (χ0v) is 27.8. The summed E-state index contributed by atoms with van der Waals surface area (Å²) < 4.78 is 29.7. The van der Waals surface area contributed by atoms with Crippen LogP contribution in [0.5, 0.6) is 0 Å². The summed E-state index contributed by atoms with van der Waals surface area (Å²) in [6.07, 6.45) is 4.56. The van der Waals surface area contributed by atoms with E-state index in [-0.39, 0.29) is 54.2 Å². The number of hydrogen-bond donors (Lipinski definition) is 0. The summed E-state index contributed by atoms with van der Waals surface area (Å²) in [5.41, 5.74) is 2.17. The van der Waals surface area contributed by atoms with Gasteiger partial charge in [-0.1, -0.05) is 0 Å². The number of pyridine rings is 1. The number of nitrogens with zero attached hydrogens (tertiary/aromatic N) is 5. The predicted octanol–water partition coefficient (Wildman–Crippen LogP) is 7.35. The van der Waals surface area contributed by atoms with Crippen LogP contribution in [0.4, 0.5) is 14.0 Å². The quantitative estimate of drug-likeness (QED) is 0.259. The number of methoxy groups -OCH3 is 1. The van der Waals surface area contributed by atoms with Crippen molar-refractivity contribution in [1.29, 1.82) is 5.26 Å². The third-order valence-corrected chi connectivity index (χ3v) is 11.3. The Morgan fingerprint density at radius 2 is 1.91 bits per heavy atom. The molecule has 0 unspecified atom stereocenters. The van der Waals surface area contributed by atoms with E-state index >= 15 is 4.39 Å². The number of rotatable bonds is 5. The molecule has 232 valence electrons. The lowest BCUT2D eigenvalue weighted by Crippen LogP contribution is -2.45. The van der Waals surface area contributed by atoms with E-state index in [0.29, 0.717) is 39.3 Å². The van der Waals surface area contributed by atoms with Crippen LogP contribution in [0.3, 0.4) is 0 Å². The summed E-state index contributed by atoms with van der Waals surface area (Å²) in [5.74, 6) is 0.152. The van der Waals surface area contributed by atoms with Gasteiger partial charge in [-0.25, -0.2) is 19.0 Å². The van der Waals surface area contributed by atoms with Crippen LogP contribution in [0.2, 0.25) is 0 Å². The minimum absolute atomic E-state index is 0.0685. The van der Waals surface area contributed by atoms with Gasteiger partial charge in [0.15, 0.2) is 5.82 Å². The van der Waals surface area contributed by atoms with Gasteiger partial charge in [-0.3, -0.25) is 4.90 Å². The molecule has 12 heteroatoms. The molecule has 3 aliphatic heterocycles. The van der Waals surface area contributed by atoms with E-state index in [2.05, 4.69) is 32.6 Å². The van der Waals surface area contributed by atoms with Crippen LogP contribution < -0.4 is 0 Å². The molecule has 0 radical (unpaired) electrons. The molecule has 2 aliphatic carbocycles. The van der Waals surface area contributed by atoms with Gasteiger partial charge in [0.2, 0.25) is 0 Å². The van der Waals surface area contributed by atoms with Crippen LogP contribution in [0, 0.1) is 29.0 Å². The number of halogens is 2. The van der Waals surface area contributed by atoms with E-state index in [1.54, 1.807) is 0 Å². The van der Waals surface area contributed by atoms with E-state index in [9.17, 15) is 14.9 Å². The molecule has 1 aromatic carbocycles. The second kappa shape index (κ2) is 10.5. The summed E-state index contributed by atoms with van der Waals surface area (Å²) in [6, 6.07) is 6.03. The normalized spacial score (nSPS) is 27.0. The summed E-state index contributed by atoms with van der Waals surface area (Å²) >= 11 is 4.90. The van der Waals surface area contributed by atoms with Crippen molar-refractivity contribution in [1.82, 2.24) is 19.4 Å². The predicted molar refractivity (Wildman–Crippen MR) is 168 cm³/mol. The first kappa shape index (κ1) is 29.7. The molecule has 44 heavy (non-hydrogen) atoms. The molecule has 2 saturated carbocycles. The Morgan fingerprint density at radius 1 is 1.16 bits per heavy atom. The number of carbonyl (C=O) groups is 2. The lowest BCUT2D eigenvalue weighted by Gasteiger charge is -2.40. The summed E-state index contributed by atoms with van der Waals surface area (Å²) in [5, 5.41) is 11.5. The number of likely N-dealkylation sites (tertiary alicyclic amines) is 1. The van der Waals surface area contributed by atoms with Crippen LogP contribution >= 0.6 is 27.7 Å². The fourth-order valence-electron chi connectivity index (χ4n) is 7.80. The van der Waals surface area contributed by atoms with Crippen molar-refractivity contribution in [2.24, 2.45) is 11.8 Å². The number of aromatic nitrogens is 2. The first-order valence-corrected chi connectivity index (χ1v) is 17.1. The van der Waals surface area contributed by atoms with Crippen LogP contribution in [-0.2, 0) is 15.9 Å². The van der Waals surface area contributed by atoms with E-state index in [0.717, 1.165) is 35.9 Å². The first-order chi connectivity index (χ1) is 21.0. The smallest absolute Gasteiger partial charge is 0.410 e. The lowest BCUT2D eigenvalue weighted by atomic mass is 9.79. The molecule has 0 spiro atoms. The second-order valence-corrected chi connectivity index (χ2v) is 15.0. The number of amides is 2. The third-order valence-electron chi connectivity index (χ3n) is 9.73. The summed E-state index contributed by atoms with van der Waals surface area (Å²) in [4.78, 5) is 35.0. The Hall–Kier alpha value is -3.04. The average molecular weight is 685 g/mol. The monoisotopic (exact) mass is 683 g/mol. The van der Waals surface area contributed by atoms with E-state index < -0.39 is 11.4 Å². The Balaban J connectivity index is 1.46. The average Bonchev–Trinajstić information content (AvgIpc) is 3.35. The molecule has 6 atom stereocenters. The number of benzene rings is 1. The standard InChI is InChI=1S/C32H35BrFN5O4S/c1-32(2,3)43-30(40)37-14-17-12-23(37)27(17)39-22(21-11-16-10-20(16)38(21)31(41)42-4)13-19-28(39)18-9-15(7-6-8-35)24(33)25(34)26(18)36-29(19)44-5/h9,13,16-17,20-21,23,27H,6-7,10-12,14H2,1-5H3/t16-,17+,20-,21+,23+,27-/m0/s1. The molecule has 8 rings (SSSR count). The topological polar surface area (TPSA) is 101 Å². The molecule has 3 aromatic rings. The van der Waals surface area contributed by atoms with Gasteiger partial charge in [-0.15, -0.1) is 11.8 Å².